The number of nitrogens with one attached hydrogen (secondary N) is 1. The minimum Gasteiger partial charge on any atom is -0.481 e. The molecule has 0 aliphatic rings. The van der Waals surface area contributed by atoms with Crippen LogP contribution in [0.4, 0.5) is 0 Å². The van der Waals surface area contributed by atoms with E-state index in [9.17, 15) is 19.5 Å². The molecule has 6 nitrogen and oxygen atoms in total. The number of carboxylic acids is 2. The Morgan fingerprint density at radius 2 is 1.48 bits per heavy atom. The second kappa shape index (κ2) is 11.1. The highest BCUT2D eigenvalue weighted by molar-refractivity contribution is 5.94. The van der Waals surface area contributed by atoms with Crippen molar-refractivity contribution in [2.75, 3.05) is 0 Å². The van der Waals surface area contributed by atoms with E-state index in [1.165, 1.54) is 0 Å². The number of hydrogen-bond acceptors (Lipinski definition) is 3. The minimum atomic E-state index is -0.973. The Kier molecular flexibility index (Phi) is 7.97. The van der Waals surface area contributed by atoms with Gasteiger partial charge in [-0.25, -0.2) is 0 Å². The Morgan fingerprint density at radius 1 is 0.818 bits per heavy atom. The summed E-state index contributed by atoms with van der Waals surface area (Å²) in [5.74, 6) is -2.88. The van der Waals surface area contributed by atoms with Gasteiger partial charge in [0.25, 0.3) is 5.91 Å². The summed E-state index contributed by atoms with van der Waals surface area (Å²) in [5, 5.41) is 21.3. The third-order valence-electron chi connectivity index (χ3n) is 5.48. The monoisotopic (exact) mass is 445 g/mol. The second-order valence-electron chi connectivity index (χ2n) is 8.18. The van der Waals surface area contributed by atoms with Gasteiger partial charge in [0.2, 0.25) is 0 Å². The number of aliphatic carboxylic acids is 2. The van der Waals surface area contributed by atoms with Crippen LogP contribution in [0.1, 0.15) is 34.8 Å². The first-order valence-corrected chi connectivity index (χ1v) is 10.8. The fourth-order valence-corrected chi connectivity index (χ4v) is 3.74. The molecule has 0 bridgehead atoms. The second-order valence-corrected chi connectivity index (χ2v) is 8.18. The maximum absolute atomic E-state index is 12.9. The van der Waals surface area contributed by atoms with Crippen LogP contribution in [-0.2, 0) is 22.4 Å². The Hall–Kier alpha value is -3.93. The standard InChI is InChI=1S/C27H27NO5/c1-18(27(32)33)14-24(28-26(31)23-9-5-6-20(15-23)17-25(29)30)16-19-10-12-22(13-11-19)21-7-3-2-4-8-21/h2-13,15,18,24H,14,16-17H2,1H3,(H,28,31)(H,29,30)(H,32,33)/t18-,24+/m1/s1. The summed E-state index contributed by atoms with van der Waals surface area (Å²) >= 11 is 0. The lowest BCUT2D eigenvalue weighted by molar-refractivity contribution is -0.141. The molecule has 170 valence electrons. The summed E-state index contributed by atoms with van der Waals surface area (Å²) in [6.45, 7) is 1.62. The maximum Gasteiger partial charge on any atom is 0.307 e. The van der Waals surface area contributed by atoms with E-state index in [0.717, 1.165) is 16.7 Å². The van der Waals surface area contributed by atoms with E-state index >= 15 is 0 Å². The zero-order valence-electron chi connectivity index (χ0n) is 18.4. The molecule has 0 saturated carbocycles. The van der Waals surface area contributed by atoms with Gasteiger partial charge in [0.1, 0.15) is 0 Å². The molecule has 0 heterocycles. The van der Waals surface area contributed by atoms with Crippen molar-refractivity contribution in [2.45, 2.75) is 32.2 Å². The van der Waals surface area contributed by atoms with E-state index in [2.05, 4.69) is 5.32 Å². The third kappa shape index (κ3) is 7.04. The summed E-state index contributed by atoms with van der Waals surface area (Å²) in [4.78, 5) is 35.3. The zero-order chi connectivity index (χ0) is 23.8. The summed E-state index contributed by atoms with van der Waals surface area (Å²) in [6.07, 6.45) is 0.581. The Morgan fingerprint density at radius 3 is 2.12 bits per heavy atom. The molecule has 0 fully saturated rings. The van der Waals surface area contributed by atoms with E-state index in [4.69, 9.17) is 5.11 Å². The predicted octanol–water partition coefficient (Wildman–Crippen LogP) is 4.43. The molecule has 0 radical (unpaired) electrons. The number of carbonyl (C=O) groups excluding carboxylic acids is 1. The fourth-order valence-electron chi connectivity index (χ4n) is 3.74. The molecule has 3 aromatic carbocycles. The maximum atomic E-state index is 12.9. The highest BCUT2D eigenvalue weighted by Crippen LogP contribution is 2.21. The molecule has 0 aliphatic carbocycles. The number of amides is 1. The SMILES string of the molecule is C[C@H](C[C@@H](Cc1ccc(-c2ccccc2)cc1)NC(=O)c1cccc(CC(=O)O)c1)C(=O)O. The minimum absolute atomic E-state index is 0.172. The molecule has 0 saturated heterocycles. The van der Waals surface area contributed by atoms with Crippen LogP contribution in [0.25, 0.3) is 11.1 Å². The van der Waals surface area contributed by atoms with Crippen molar-refractivity contribution in [3.05, 3.63) is 95.6 Å². The quantitative estimate of drug-likeness (QED) is 0.428. The smallest absolute Gasteiger partial charge is 0.307 e. The van der Waals surface area contributed by atoms with Gasteiger partial charge < -0.3 is 15.5 Å². The number of carbonyl (C=O) groups is 3. The topological polar surface area (TPSA) is 104 Å². The third-order valence-corrected chi connectivity index (χ3v) is 5.48. The number of carboxylic acid groups (broad SMARTS) is 2. The van der Waals surface area contributed by atoms with Gasteiger partial charge in [0, 0.05) is 11.6 Å². The van der Waals surface area contributed by atoms with Gasteiger partial charge in [-0.1, -0.05) is 73.7 Å². The van der Waals surface area contributed by atoms with Crippen molar-refractivity contribution < 1.29 is 24.6 Å². The largest absolute Gasteiger partial charge is 0.481 e. The Labute approximate surface area is 192 Å². The van der Waals surface area contributed by atoms with Gasteiger partial charge in [0.15, 0.2) is 0 Å². The summed E-state index contributed by atoms with van der Waals surface area (Å²) in [6, 6.07) is 24.1. The lowest BCUT2D eigenvalue weighted by Crippen LogP contribution is -2.38. The predicted molar refractivity (Wildman–Crippen MR) is 126 cm³/mol. The molecule has 3 aromatic rings. The molecule has 2 atom stereocenters. The number of hydrogen-bond donors (Lipinski definition) is 3. The molecular weight excluding hydrogens is 418 g/mol. The van der Waals surface area contributed by atoms with E-state index in [1.54, 1.807) is 31.2 Å². The molecule has 0 unspecified atom stereocenters. The molecule has 3 rings (SSSR count). The zero-order valence-corrected chi connectivity index (χ0v) is 18.4. The highest BCUT2D eigenvalue weighted by atomic mass is 16.4. The van der Waals surface area contributed by atoms with Crippen LogP contribution in [-0.4, -0.2) is 34.1 Å². The van der Waals surface area contributed by atoms with Crippen LogP contribution >= 0.6 is 0 Å². The van der Waals surface area contributed by atoms with Crippen molar-refractivity contribution in [1.29, 1.82) is 0 Å². The van der Waals surface area contributed by atoms with Crippen LogP contribution in [0.2, 0.25) is 0 Å². The summed E-state index contributed by atoms with van der Waals surface area (Å²) in [7, 11) is 0. The number of rotatable bonds is 10. The van der Waals surface area contributed by atoms with Crippen LogP contribution < -0.4 is 5.32 Å². The molecule has 33 heavy (non-hydrogen) atoms. The molecule has 0 spiro atoms. The molecule has 3 N–H and O–H groups in total. The average Bonchev–Trinajstić information content (AvgIpc) is 2.79. The molecule has 0 aromatic heterocycles. The van der Waals surface area contributed by atoms with Crippen LogP contribution in [0.15, 0.2) is 78.9 Å². The normalized spacial score (nSPS) is 12.5. The van der Waals surface area contributed by atoms with Crippen molar-refractivity contribution in [3.8, 4) is 11.1 Å². The van der Waals surface area contributed by atoms with Crippen LogP contribution in [0, 0.1) is 5.92 Å². The summed E-state index contributed by atoms with van der Waals surface area (Å²) < 4.78 is 0. The number of benzene rings is 3. The van der Waals surface area contributed by atoms with Gasteiger partial charge in [-0.2, -0.15) is 0 Å². The molecule has 0 aliphatic heterocycles. The average molecular weight is 446 g/mol. The van der Waals surface area contributed by atoms with Crippen molar-refractivity contribution in [2.24, 2.45) is 5.92 Å². The van der Waals surface area contributed by atoms with Gasteiger partial charge >= 0.3 is 11.9 Å². The van der Waals surface area contributed by atoms with E-state index < -0.39 is 23.9 Å². The van der Waals surface area contributed by atoms with E-state index in [-0.39, 0.29) is 18.7 Å². The van der Waals surface area contributed by atoms with E-state index in [0.29, 0.717) is 17.5 Å². The van der Waals surface area contributed by atoms with E-state index in [1.807, 2.05) is 54.6 Å². The molecular formula is C27H27NO5. The van der Waals surface area contributed by atoms with Gasteiger partial charge in [0.05, 0.1) is 12.3 Å². The fraction of sp³-hybridized carbons (Fsp3) is 0.222. The first-order chi connectivity index (χ1) is 15.8. The summed E-state index contributed by atoms with van der Waals surface area (Å²) in [5.41, 5.74) is 4.05. The molecule has 6 heteroatoms. The Balaban J connectivity index is 1.75. The van der Waals surface area contributed by atoms with Gasteiger partial charge in [-0.05, 0) is 47.2 Å². The highest BCUT2D eigenvalue weighted by Gasteiger charge is 2.21. The molecule has 1 amide bonds. The Bertz CT molecular complexity index is 1110. The first kappa shape index (κ1) is 23.7. The van der Waals surface area contributed by atoms with Crippen LogP contribution in [0.5, 0.6) is 0 Å². The van der Waals surface area contributed by atoms with Gasteiger partial charge in [-0.3, -0.25) is 14.4 Å². The lowest BCUT2D eigenvalue weighted by atomic mass is 9.94. The first-order valence-electron chi connectivity index (χ1n) is 10.8. The van der Waals surface area contributed by atoms with Crippen molar-refractivity contribution in [1.82, 2.24) is 5.32 Å². The van der Waals surface area contributed by atoms with Crippen LogP contribution in [0.3, 0.4) is 0 Å². The lowest BCUT2D eigenvalue weighted by Gasteiger charge is -2.21. The van der Waals surface area contributed by atoms with Gasteiger partial charge in [-0.15, -0.1) is 0 Å². The van der Waals surface area contributed by atoms with Crippen molar-refractivity contribution >= 4 is 17.8 Å². The van der Waals surface area contributed by atoms with Crippen molar-refractivity contribution in [3.63, 3.8) is 0 Å².